The molecule has 0 spiro atoms. The summed E-state index contributed by atoms with van der Waals surface area (Å²) in [6.07, 6.45) is 3.44. The first-order valence-corrected chi connectivity index (χ1v) is 6.50. The molecule has 0 aliphatic rings. The molecule has 0 saturated heterocycles. The molecule has 0 N–H and O–H groups in total. The average Bonchev–Trinajstić information content (AvgIpc) is 2.40. The molecule has 2 aromatic rings. The molecule has 0 aliphatic heterocycles. The van der Waals surface area contributed by atoms with E-state index in [4.69, 9.17) is 0 Å². The van der Waals surface area contributed by atoms with Crippen molar-refractivity contribution in [3.8, 4) is 0 Å². The van der Waals surface area contributed by atoms with Crippen molar-refractivity contribution in [1.29, 1.82) is 0 Å². The summed E-state index contributed by atoms with van der Waals surface area (Å²) in [5, 5.41) is 0. The normalized spacial score (nSPS) is 10.8. The van der Waals surface area contributed by atoms with Crippen molar-refractivity contribution >= 4 is 27.8 Å². The third-order valence-corrected chi connectivity index (χ3v) is 3.56. The topological polar surface area (TPSA) is 17.1 Å². The highest BCUT2D eigenvalue weighted by Crippen LogP contribution is 2.17. The number of carbonyl (C=O) groups excluding carboxylic acids is 1. The maximum atomic E-state index is 12.0. The highest BCUT2D eigenvalue weighted by Gasteiger charge is 2.03. The second kappa shape index (κ2) is 5.78. The summed E-state index contributed by atoms with van der Waals surface area (Å²) < 4.78 is 1.02. The third kappa shape index (κ3) is 3.17. The van der Waals surface area contributed by atoms with Gasteiger partial charge in [0.2, 0.25) is 0 Å². The van der Waals surface area contributed by atoms with Gasteiger partial charge in [-0.1, -0.05) is 52.3 Å². The molecule has 0 heterocycles. The highest BCUT2D eigenvalue weighted by molar-refractivity contribution is 9.10. The van der Waals surface area contributed by atoms with Gasteiger partial charge in [0.05, 0.1) is 0 Å². The molecular formula is C16H13BrO. The van der Waals surface area contributed by atoms with Crippen LogP contribution >= 0.6 is 15.9 Å². The van der Waals surface area contributed by atoms with Crippen LogP contribution in [-0.4, -0.2) is 5.78 Å². The Morgan fingerprint density at radius 2 is 1.83 bits per heavy atom. The van der Waals surface area contributed by atoms with E-state index >= 15 is 0 Å². The molecule has 2 rings (SSSR count). The Bertz CT molecular complexity index is 585. The largest absolute Gasteiger partial charge is 0.289 e. The molecule has 18 heavy (non-hydrogen) atoms. The summed E-state index contributed by atoms with van der Waals surface area (Å²) in [5.41, 5.74) is 2.80. The molecule has 90 valence electrons. The molecule has 0 radical (unpaired) electrons. The number of ketones is 1. The van der Waals surface area contributed by atoms with Crippen molar-refractivity contribution in [2.24, 2.45) is 0 Å². The Labute approximate surface area is 115 Å². The van der Waals surface area contributed by atoms with Crippen molar-refractivity contribution in [3.63, 3.8) is 0 Å². The first-order valence-electron chi connectivity index (χ1n) is 5.70. The summed E-state index contributed by atoms with van der Waals surface area (Å²) in [6.45, 7) is 1.97. The summed E-state index contributed by atoms with van der Waals surface area (Å²) in [5.74, 6) is 0.0226. The summed E-state index contributed by atoms with van der Waals surface area (Å²) >= 11 is 3.42. The number of benzene rings is 2. The minimum absolute atomic E-state index is 0.0226. The Hall–Kier alpha value is -1.67. The molecule has 1 nitrogen and oxygen atoms in total. The van der Waals surface area contributed by atoms with Gasteiger partial charge >= 0.3 is 0 Å². The van der Waals surface area contributed by atoms with Gasteiger partial charge in [-0.25, -0.2) is 0 Å². The molecule has 0 atom stereocenters. The van der Waals surface area contributed by atoms with Crippen LogP contribution in [0.4, 0.5) is 0 Å². The van der Waals surface area contributed by atoms with Crippen LogP contribution in [0.1, 0.15) is 21.5 Å². The van der Waals surface area contributed by atoms with Gasteiger partial charge in [0.25, 0.3) is 0 Å². The van der Waals surface area contributed by atoms with E-state index in [-0.39, 0.29) is 5.78 Å². The lowest BCUT2D eigenvalue weighted by Gasteiger charge is -2.00. The molecule has 0 fully saturated rings. The number of aryl methyl sites for hydroxylation is 1. The first kappa shape index (κ1) is 12.8. The van der Waals surface area contributed by atoms with E-state index in [1.807, 2.05) is 61.5 Å². The minimum Gasteiger partial charge on any atom is -0.289 e. The molecule has 0 amide bonds. The summed E-state index contributed by atoms with van der Waals surface area (Å²) in [6, 6.07) is 15.4. The van der Waals surface area contributed by atoms with Gasteiger partial charge in [0.1, 0.15) is 0 Å². The fourth-order valence-electron chi connectivity index (χ4n) is 1.63. The summed E-state index contributed by atoms with van der Waals surface area (Å²) in [4.78, 5) is 12.0. The van der Waals surface area contributed by atoms with E-state index in [0.717, 1.165) is 15.6 Å². The fraction of sp³-hybridized carbons (Fsp3) is 0.0625. The SMILES string of the molecule is Cc1cc(C(=O)/C=C/c2ccccc2)ccc1Br. The van der Waals surface area contributed by atoms with Crippen LogP contribution in [0.5, 0.6) is 0 Å². The van der Waals surface area contributed by atoms with E-state index in [1.54, 1.807) is 6.08 Å². The zero-order valence-corrected chi connectivity index (χ0v) is 11.6. The van der Waals surface area contributed by atoms with Gasteiger partial charge < -0.3 is 0 Å². The third-order valence-electron chi connectivity index (χ3n) is 2.67. The second-order valence-electron chi connectivity index (χ2n) is 4.07. The number of hydrogen-bond donors (Lipinski definition) is 0. The van der Waals surface area contributed by atoms with Gasteiger partial charge in [0, 0.05) is 10.0 Å². The van der Waals surface area contributed by atoms with Crippen LogP contribution in [0, 0.1) is 6.92 Å². The molecule has 2 heteroatoms. The fourth-order valence-corrected chi connectivity index (χ4v) is 1.88. The monoisotopic (exact) mass is 300 g/mol. The van der Waals surface area contributed by atoms with E-state index in [9.17, 15) is 4.79 Å². The molecule has 0 aliphatic carbocycles. The lowest BCUT2D eigenvalue weighted by Crippen LogP contribution is -1.94. The predicted octanol–water partition coefficient (Wildman–Crippen LogP) is 4.65. The van der Waals surface area contributed by atoms with Crippen LogP contribution in [0.15, 0.2) is 59.1 Å². The summed E-state index contributed by atoms with van der Waals surface area (Å²) in [7, 11) is 0. The molecule has 0 bridgehead atoms. The number of halogens is 1. The van der Waals surface area contributed by atoms with Crippen LogP contribution in [-0.2, 0) is 0 Å². The number of rotatable bonds is 3. The van der Waals surface area contributed by atoms with Crippen molar-refractivity contribution < 1.29 is 4.79 Å². The van der Waals surface area contributed by atoms with Crippen molar-refractivity contribution in [2.45, 2.75) is 6.92 Å². The maximum Gasteiger partial charge on any atom is 0.185 e. The van der Waals surface area contributed by atoms with Gasteiger partial charge in [-0.3, -0.25) is 4.79 Å². The lowest BCUT2D eigenvalue weighted by molar-refractivity contribution is 0.104. The van der Waals surface area contributed by atoms with Gasteiger partial charge in [-0.05, 0) is 42.3 Å². The molecular weight excluding hydrogens is 288 g/mol. The zero-order valence-electron chi connectivity index (χ0n) is 10.1. The zero-order chi connectivity index (χ0) is 13.0. The van der Waals surface area contributed by atoms with Crippen LogP contribution in [0.2, 0.25) is 0 Å². The van der Waals surface area contributed by atoms with E-state index in [1.165, 1.54) is 0 Å². The highest BCUT2D eigenvalue weighted by atomic mass is 79.9. The number of hydrogen-bond acceptors (Lipinski definition) is 1. The van der Waals surface area contributed by atoms with Gasteiger partial charge in [-0.15, -0.1) is 0 Å². The van der Waals surface area contributed by atoms with Crippen LogP contribution in [0.25, 0.3) is 6.08 Å². The maximum absolute atomic E-state index is 12.0. The first-order chi connectivity index (χ1) is 8.66. The number of allylic oxidation sites excluding steroid dienone is 1. The predicted molar refractivity (Wildman–Crippen MR) is 78.7 cm³/mol. The second-order valence-corrected chi connectivity index (χ2v) is 4.93. The lowest BCUT2D eigenvalue weighted by atomic mass is 10.1. The number of carbonyl (C=O) groups is 1. The van der Waals surface area contributed by atoms with Crippen molar-refractivity contribution in [2.75, 3.05) is 0 Å². The van der Waals surface area contributed by atoms with Crippen molar-refractivity contribution in [3.05, 3.63) is 75.8 Å². The molecule has 0 unspecified atom stereocenters. The van der Waals surface area contributed by atoms with E-state index in [0.29, 0.717) is 5.56 Å². The van der Waals surface area contributed by atoms with Gasteiger partial charge in [0.15, 0.2) is 5.78 Å². The Morgan fingerprint density at radius 1 is 1.11 bits per heavy atom. The quantitative estimate of drug-likeness (QED) is 0.595. The minimum atomic E-state index is 0.0226. The molecule has 0 saturated carbocycles. The smallest absolute Gasteiger partial charge is 0.185 e. The van der Waals surface area contributed by atoms with E-state index in [2.05, 4.69) is 15.9 Å². The Morgan fingerprint density at radius 3 is 2.50 bits per heavy atom. The van der Waals surface area contributed by atoms with E-state index < -0.39 is 0 Å². The average molecular weight is 301 g/mol. The van der Waals surface area contributed by atoms with Crippen molar-refractivity contribution in [1.82, 2.24) is 0 Å². The molecule has 0 aromatic heterocycles. The molecule has 2 aromatic carbocycles. The van der Waals surface area contributed by atoms with Crippen LogP contribution in [0.3, 0.4) is 0 Å². The Balaban J connectivity index is 2.17. The standard InChI is InChI=1S/C16H13BrO/c1-12-11-14(8-9-15(12)17)16(18)10-7-13-5-3-2-4-6-13/h2-11H,1H3/b10-7+. The van der Waals surface area contributed by atoms with Gasteiger partial charge in [-0.2, -0.15) is 0 Å². The Kier molecular flexibility index (Phi) is 4.11. The van der Waals surface area contributed by atoms with Crippen LogP contribution < -0.4 is 0 Å².